The molecule has 422 valence electrons. The van der Waals surface area contributed by atoms with E-state index in [1.807, 2.05) is 139 Å². The monoisotopic (exact) mass is 1120 g/mol. The summed E-state index contributed by atoms with van der Waals surface area (Å²) in [7, 11) is 0.912. The minimum Gasteiger partial charge on any atom is -0.469 e. The Hall–Kier alpha value is -7.14. The summed E-state index contributed by atoms with van der Waals surface area (Å²) in [6.45, 7) is 12.2. The minimum absolute atomic E-state index is 0. The number of esters is 4. The van der Waals surface area contributed by atoms with Crippen molar-refractivity contribution in [3.05, 3.63) is 165 Å². The van der Waals surface area contributed by atoms with Crippen LogP contribution < -0.4 is 27.1 Å². The van der Waals surface area contributed by atoms with E-state index in [1.54, 1.807) is 0 Å². The predicted molar refractivity (Wildman–Crippen MR) is 310 cm³/mol. The van der Waals surface area contributed by atoms with Crippen LogP contribution in [0.1, 0.15) is 114 Å². The summed E-state index contributed by atoms with van der Waals surface area (Å²) in [5.41, 5.74) is 10.3. The van der Waals surface area contributed by atoms with Crippen LogP contribution in [0.25, 0.3) is 11.1 Å². The molecule has 0 bridgehead atoms. The molecule has 6 aromatic carbocycles. The fourth-order valence-corrected chi connectivity index (χ4v) is 11.2. The Morgan fingerprint density at radius 2 is 0.595 bits per heavy atom. The van der Waals surface area contributed by atoms with Crippen molar-refractivity contribution >= 4 is 41.1 Å². The van der Waals surface area contributed by atoms with Crippen LogP contribution in [-0.2, 0) is 63.8 Å². The molecule has 0 aliphatic heterocycles. The maximum absolute atomic E-state index is 12.2. The molecule has 0 unspecified atom stereocenters. The van der Waals surface area contributed by atoms with Crippen molar-refractivity contribution < 1.29 is 65.3 Å². The Bertz CT molecular complexity index is 2670. The molecule has 14 nitrogen and oxygen atoms in total. The number of hydrogen-bond donors (Lipinski definition) is 0. The third kappa shape index (κ3) is 17.9. The van der Waals surface area contributed by atoms with Gasteiger partial charge in [-0.15, -0.1) is 0 Å². The van der Waals surface area contributed by atoms with Gasteiger partial charge in [-0.05, 0) is 173 Å². The molecule has 0 atom stereocenters. The molecule has 16 heteroatoms. The van der Waals surface area contributed by atoms with Crippen molar-refractivity contribution in [3.8, 4) is 45.6 Å². The van der Waals surface area contributed by atoms with Gasteiger partial charge >= 0.3 is 41.1 Å². The Kier molecular flexibility index (Phi) is 25.0. The average Bonchev–Trinajstić information content (AvgIpc) is 3.50. The van der Waals surface area contributed by atoms with Gasteiger partial charge < -0.3 is 46.1 Å². The van der Waals surface area contributed by atoms with E-state index in [1.165, 1.54) is 28.4 Å². The van der Waals surface area contributed by atoms with Crippen molar-refractivity contribution in [2.45, 2.75) is 126 Å². The molecular weight excluding hydrogens is 1040 g/mol. The van der Waals surface area contributed by atoms with E-state index in [9.17, 15) is 19.2 Å². The van der Waals surface area contributed by atoms with Crippen molar-refractivity contribution in [2.75, 3.05) is 28.4 Å². The Balaban J connectivity index is 0.0000115. The predicted octanol–water partition coefficient (Wildman–Crippen LogP) is 15.4. The summed E-state index contributed by atoms with van der Waals surface area (Å²) in [5, 5.41) is 0. The zero-order valence-electron chi connectivity index (χ0n) is 46.5. The molecule has 6 aromatic rings. The molecule has 0 fully saturated rings. The maximum Gasteiger partial charge on any atom is 0.530 e. The van der Waals surface area contributed by atoms with Crippen LogP contribution in [-0.4, -0.2) is 52.3 Å². The number of ether oxygens (including phenoxy) is 4. The van der Waals surface area contributed by atoms with Gasteiger partial charge in [0.15, 0.2) is 0 Å². The lowest BCUT2D eigenvalue weighted by atomic mass is 9.88. The van der Waals surface area contributed by atoms with Gasteiger partial charge in [0.25, 0.3) is 0 Å². The van der Waals surface area contributed by atoms with Crippen LogP contribution in [0.3, 0.4) is 0 Å². The van der Waals surface area contributed by atoms with Crippen LogP contribution >= 0.6 is 17.2 Å². The first-order valence-corrected chi connectivity index (χ1v) is 28.3. The van der Waals surface area contributed by atoms with Gasteiger partial charge in [-0.2, -0.15) is 0 Å². The number of hydrogen-bond acceptors (Lipinski definition) is 14. The second kappa shape index (κ2) is 31.5. The Morgan fingerprint density at radius 1 is 0.354 bits per heavy atom. The molecule has 0 amide bonds. The van der Waals surface area contributed by atoms with Crippen LogP contribution in [0.2, 0.25) is 0 Å². The molecule has 0 aliphatic carbocycles. The van der Waals surface area contributed by atoms with Crippen LogP contribution in [0.15, 0.2) is 109 Å². The Morgan fingerprint density at radius 3 is 0.835 bits per heavy atom. The van der Waals surface area contributed by atoms with Crippen LogP contribution in [0.4, 0.5) is 0 Å². The lowest BCUT2D eigenvalue weighted by Crippen LogP contribution is -2.10. The van der Waals surface area contributed by atoms with E-state index in [2.05, 4.69) is 12.1 Å². The molecule has 0 heterocycles. The van der Waals surface area contributed by atoms with E-state index in [-0.39, 0.29) is 57.0 Å². The normalized spacial score (nSPS) is 10.8. The third-order valence-corrected chi connectivity index (χ3v) is 15.4. The molecule has 0 saturated carbocycles. The van der Waals surface area contributed by atoms with Gasteiger partial charge in [0.1, 0.15) is 34.5 Å². The first kappa shape index (κ1) is 62.7. The first-order chi connectivity index (χ1) is 37.6. The maximum atomic E-state index is 12.2. The molecular formula is C63H76O14P2. The van der Waals surface area contributed by atoms with Gasteiger partial charge in [-0.1, -0.05) is 92.4 Å². The molecule has 0 radical (unpaired) electrons. The smallest absolute Gasteiger partial charge is 0.469 e. The van der Waals surface area contributed by atoms with Gasteiger partial charge in [0, 0.05) is 36.8 Å². The van der Waals surface area contributed by atoms with E-state index in [0.717, 1.165) is 66.8 Å². The number of benzene rings is 6. The second-order valence-corrected chi connectivity index (χ2v) is 20.8. The van der Waals surface area contributed by atoms with Gasteiger partial charge in [0.2, 0.25) is 0 Å². The summed E-state index contributed by atoms with van der Waals surface area (Å²) in [6, 6.07) is 34.8. The number of methoxy groups -OCH3 is 4. The summed E-state index contributed by atoms with van der Waals surface area (Å²) in [6.07, 6.45) is 5.18. The summed E-state index contributed by atoms with van der Waals surface area (Å²) < 4.78 is 61.9. The fraction of sp³-hybridized carbons (Fsp3) is 0.365. The molecule has 79 heavy (non-hydrogen) atoms. The molecule has 0 N–H and O–H groups in total. The minimum atomic E-state index is -2.30. The number of aryl methyl sites for hydroxylation is 8. The molecule has 0 saturated heterocycles. The standard InChI is InChI=1S/C62H72O14P2.CH4/c1-41-39-43(3)59(61(45(41)5)75-77(71-51-31-15-11-23-47(51)27-19-35-55(63)67-7)72-52-32-16-12-24-48(52)28-20-36-56(64)68-8)60-44(4)40-42(2)46(6)62(60)76-78(73-53-33-17-13-25-49(53)29-21-37-57(65)69-9)74-54-34-18-14-26-50(54)30-22-38-58(66)70-10;/h11-18,23-26,31-34,39-40H,19-22,27-30,35-38H2,1-10H3;1H4. The van der Waals surface area contributed by atoms with Crippen molar-refractivity contribution in [1.82, 2.24) is 0 Å². The van der Waals surface area contributed by atoms with E-state index in [4.69, 9.17) is 46.1 Å². The van der Waals surface area contributed by atoms with Crippen molar-refractivity contribution in [2.24, 2.45) is 0 Å². The molecule has 0 aromatic heterocycles. The van der Waals surface area contributed by atoms with Crippen LogP contribution in [0, 0.1) is 41.5 Å². The average molecular weight is 1120 g/mol. The summed E-state index contributed by atoms with van der Waals surface area (Å²) in [5.74, 6) is 1.96. The quantitative estimate of drug-likeness (QED) is 0.0248. The number of rotatable bonds is 29. The Labute approximate surface area is 469 Å². The van der Waals surface area contributed by atoms with Gasteiger partial charge in [0.05, 0.1) is 28.4 Å². The highest BCUT2D eigenvalue weighted by molar-refractivity contribution is 7.43. The third-order valence-electron chi connectivity index (χ3n) is 13.4. The highest BCUT2D eigenvalue weighted by atomic mass is 31.2. The summed E-state index contributed by atoms with van der Waals surface area (Å²) >= 11 is 0. The lowest BCUT2D eigenvalue weighted by molar-refractivity contribution is -0.141. The molecule has 6 rings (SSSR count). The molecule has 0 aliphatic rings. The van der Waals surface area contributed by atoms with Crippen molar-refractivity contribution in [1.29, 1.82) is 0 Å². The first-order valence-electron chi connectivity index (χ1n) is 26.1. The van der Waals surface area contributed by atoms with Crippen LogP contribution in [0.5, 0.6) is 34.5 Å². The zero-order valence-corrected chi connectivity index (χ0v) is 48.3. The SMILES string of the molecule is C.COC(=O)CCCc1ccccc1OP(Oc1ccccc1CCCC(=O)OC)Oc1c(C)c(C)cc(C)c1-c1c(C)cc(C)c(C)c1OP(Oc1ccccc1CCCC(=O)OC)Oc1ccccc1CCCC(=O)OC. The number of carbonyl (C=O) groups is 4. The van der Waals surface area contributed by atoms with E-state index < -0.39 is 17.2 Å². The second-order valence-electron chi connectivity index (χ2n) is 18.8. The topological polar surface area (TPSA) is 161 Å². The van der Waals surface area contributed by atoms with Gasteiger partial charge in [-0.25, -0.2) is 0 Å². The molecule has 0 spiro atoms. The van der Waals surface area contributed by atoms with E-state index >= 15 is 0 Å². The van der Waals surface area contributed by atoms with E-state index in [0.29, 0.717) is 85.9 Å². The number of carbonyl (C=O) groups excluding carboxylic acids is 4. The summed E-state index contributed by atoms with van der Waals surface area (Å²) in [4.78, 5) is 48.7. The number of para-hydroxylation sites is 4. The largest absolute Gasteiger partial charge is 0.530 e. The fourth-order valence-electron chi connectivity index (χ4n) is 8.83. The van der Waals surface area contributed by atoms with Gasteiger partial charge in [-0.3, -0.25) is 19.2 Å². The highest BCUT2D eigenvalue weighted by Crippen LogP contribution is 2.55. The lowest BCUT2D eigenvalue weighted by Gasteiger charge is -2.27. The zero-order chi connectivity index (χ0) is 56.1. The van der Waals surface area contributed by atoms with Crippen molar-refractivity contribution in [3.63, 3.8) is 0 Å². The highest BCUT2D eigenvalue weighted by Gasteiger charge is 2.32.